The van der Waals surface area contributed by atoms with Crippen LogP contribution in [-0.2, 0) is 4.79 Å². The molecule has 1 aromatic carbocycles. The summed E-state index contributed by atoms with van der Waals surface area (Å²) in [6.07, 6.45) is 7.83. The predicted octanol–water partition coefficient (Wildman–Crippen LogP) is 3.62. The quantitative estimate of drug-likeness (QED) is 0.754. The molecule has 0 radical (unpaired) electrons. The molecule has 1 amide bonds. The summed E-state index contributed by atoms with van der Waals surface area (Å²) in [6.45, 7) is 7.74. The van der Waals surface area contributed by atoms with Gasteiger partial charge in [-0.25, -0.2) is 0 Å². The zero-order valence-corrected chi connectivity index (χ0v) is 18.3. The van der Waals surface area contributed by atoms with Gasteiger partial charge < -0.3 is 19.7 Å². The number of anilines is 1. The van der Waals surface area contributed by atoms with E-state index in [2.05, 4.69) is 15.1 Å². The van der Waals surface area contributed by atoms with Crippen molar-refractivity contribution in [3.8, 4) is 11.5 Å². The fraction of sp³-hybridized carbons (Fsp3) is 0.696. The van der Waals surface area contributed by atoms with Crippen LogP contribution in [0, 0.1) is 5.92 Å². The van der Waals surface area contributed by atoms with Crippen molar-refractivity contribution in [3.63, 3.8) is 0 Å². The minimum atomic E-state index is -0.162. The minimum absolute atomic E-state index is 0.00233. The third kappa shape index (κ3) is 6.09. The number of likely N-dealkylation sites (tertiary alicyclic amines) is 2. The van der Waals surface area contributed by atoms with Crippen LogP contribution in [0.2, 0.25) is 0 Å². The second-order valence-corrected chi connectivity index (χ2v) is 8.43. The molecular weight excluding hydrogens is 366 g/mol. The van der Waals surface area contributed by atoms with Crippen LogP contribution in [-0.4, -0.2) is 68.7 Å². The molecule has 162 valence electrons. The molecule has 2 saturated heterocycles. The first kappa shape index (κ1) is 21.9. The number of amides is 1. The van der Waals surface area contributed by atoms with Crippen LogP contribution in [0.25, 0.3) is 0 Å². The summed E-state index contributed by atoms with van der Waals surface area (Å²) < 4.78 is 10.7. The lowest BCUT2D eigenvalue weighted by Crippen LogP contribution is -2.47. The molecule has 1 atom stereocenters. The predicted molar refractivity (Wildman–Crippen MR) is 117 cm³/mol. The highest BCUT2D eigenvalue weighted by Crippen LogP contribution is 2.29. The standard InChI is InChI=1S/C23H37N3O3/c1-18(23(27)24-21-16-20(28-2)8-9-22(21)29-3)26-14-10-19(11-15-26)17-25-12-6-4-5-7-13-25/h8-9,16,18-19H,4-7,10-15,17H2,1-3H3,(H,24,27). The fourth-order valence-electron chi connectivity index (χ4n) is 4.52. The molecule has 0 spiro atoms. The van der Waals surface area contributed by atoms with Crippen LogP contribution < -0.4 is 14.8 Å². The van der Waals surface area contributed by atoms with Gasteiger partial charge in [0.2, 0.25) is 5.91 Å². The Kier molecular flexibility index (Phi) is 8.19. The average molecular weight is 404 g/mol. The van der Waals surface area contributed by atoms with E-state index in [-0.39, 0.29) is 11.9 Å². The second-order valence-electron chi connectivity index (χ2n) is 8.43. The summed E-state index contributed by atoms with van der Waals surface area (Å²) in [5, 5.41) is 3.02. The Bertz CT molecular complexity index is 651. The molecule has 0 saturated carbocycles. The van der Waals surface area contributed by atoms with E-state index in [4.69, 9.17) is 9.47 Å². The van der Waals surface area contributed by atoms with Gasteiger partial charge in [0.1, 0.15) is 11.5 Å². The van der Waals surface area contributed by atoms with E-state index in [1.807, 2.05) is 19.1 Å². The van der Waals surface area contributed by atoms with Gasteiger partial charge in [0, 0.05) is 12.6 Å². The van der Waals surface area contributed by atoms with Gasteiger partial charge in [0.15, 0.2) is 0 Å². The van der Waals surface area contributed by atoms with E-state index in [1.165, 1.54) is 58.2 Å². The van der Waals surface area contributed by atoms with E-state index in [0.717, 1.165) is 19.0 Å². The summed E-state index contributed by atoms with van der Waals surface area (Å²) >= 11 is 0. The molecule has 2 fully saturated rings. The number of carbonyl (C=O) groups excluding carboxylic acids is 1. The van der Waals surface area contributed by atoms with Crippen molar-refractivity contribution in [2.45, 2.75) is 51.5 Å². The summed E-state index contributed by atoms with van der Waals surface area (Å²) in [6, 6.07) is 5.28. The van der Waals surface area contributed by atoms with E-state index < -0.39 is 0 Å². The van der Waals surface area contributed by atoms with E-state index in [0.29, 0.717) is 17.2 Å². The molecule has 1 aromatic rings. The molecule has 1 N–H and O–H groups in total. The largest absolute Gasteiger partial charge is 0.497 e. The Labute approximate surface area is 175 Å². The lowest BCUT2D eigenvalue weighted by atomic mass is 9.95. The second kappa shape index (κ2) is 10.8. The van der Waals surface area contributed by atoms with Crippen LogP contribution in [0.3, 0.4) is 0 Å². The minimum Gasteiger partial charge on any atom is -0.497 e. The highest BCUT2D eigenvalue weighted by atomic mass is 16.5. The molecule has 6 heteroatoms. The van der Waals surface area contributed by atoms with Crippen LogP contribution >= 0.6 is 0 Å². The number of methoxy groups -OCH3 is 2. The van der Waals surface area contributed by atoms with Crippen molar-refractivity contribution in [3.05, 3.63) is 18.2 Å². The number of nitrogens with one attached hydrogen (secondary N) is 1. The molecule has 29 heavy (non-hydrogen) atoms. The molecule has 6 nitrogen and oxygen atoms in total. The van der Waals surface area contributed by atoms with Gasteiger partial charge >= 0.3 is 0 Å². The lowest BCUT2D eigenvalue weighted by molar-refractivity contribution is -0.121. The molecular formula is C23H37N3O3. The molecule has 0 aliphatic carbocycles. The van der Waals surface area contributed by atoms with Gasteiger partial charge in [-0.15, -0.1) is 0 Å². The van der Waals surface area contributed by atoms with Crippen molar-refractivity contribution in [1.82, 2.24) is 9.80 Å². The maximum atomic E-state index is 12.9. The van der Waals surface area contributed by atoms with E-state index in [1.54, 1.807) is 20.3 Å². The number of piperidine rings is 1. The zero-order chi connectivity index (χ0) is 20.6. The highest BCUT2D eigenvalue weighted by molar-refractivity contribution is 5.96. The third-order valence-corrected chi connectivity index (χ3v) is 6.46. The number of rotatable bonds is 7. The number of hydrogen-bond acceptors (Lipinski definition) is 5. The molecule has 2 aliphatic rings. The van der Waals surface area contributed by atoms with Gasteiger partial charge in [0.05, 0.1) is 25.9 Å². The number of nitrogens with zero attached hydrogens (tertiary/aromatic N) is 2. The Morgan fingerprint density at radius 2 is 1.76 bits per heavy atom. The Morgan fingerprint density at radius 3 is 2.38 bits per heavy atom. The summed E-state index contributed by atoms with van der Waals surface area (Å²) in [5.41, 5.74) is 0.653. The van der Waals surface area contributed by atoms with Gasteiger partial charge in [-0.05, 0) is 76.8 Å². The zero-order valence-electron chi connectivity index (χ0n) is 18.3. The monoisotopic (exact) mass is 403 g/mol. The Morgan fingerprint density at radius 1 is 1.07 bits per heavy atom. The summed E-state index contributed by atoms with van der Waals surface area (Å²) in [5.74, 6) is 2.10. The van der Waals surface area contributed by atoms with Gasteiger partial charge in [-0.2, -0.15) is 0 Å². The summed E-state index contributed by atoms with van der Waals surface area (Å²) in [7, 11) is 3.22. The molecule has 3 rings (SSSR count). The van der Waals surface area contributed by atoms with Crippen LogP contribution in [0.4, 0.5) is 5.69 Å². The van der Waals surface area contributed by atoms with E-state index >= 15 is 0 Å². The van der Waals surface area contributed by atoms with Gasteiger partial charge in [-0.3, -0.25) is 9.69 Å². The average Bonchev–Trinajstić information content (AvgIpc) is 3.02. The van der Waals surface area contributed by atoms with Crippen LogP contribution in [0.5, 0.6) is 11.5 Å². The van der Waals surface area contributed by atoms with Crippen molar-refractivity contribution in [1.29, 1.82) is 0 Å². The Hall–Kier alpha value is -1.79. The molecule has 0 aromatic heterocycles. The molecule has 2 aliphatic heterocycles. The first-order chi connectivity index (χ1) is 14.1. The molecule has 2 heterocycles. The third-order valence-electron chi connectivity index (χ3n) is 6.46. The normalized spacial score (nSPS) is 20.7. The van der Waals surface area contributed by atoms with Crippen molar-refractivity contribution >= 4 is 11.6 Å². The maximum Gasteiger partial charge on any atom is 0.241 e. The number of ether oxygens (including phenoxy) is 2. The fourth-order valence-corrected chi connectivity index (χ4v) is 4.52. The maximum absolute atomic E-state index is 12.9. The first-order valence-corrected chi connectivity index (χ1v) is 11.1. The van der Waals surface area contributed by atoms with Crippen molar-refractivity contribution < 1.29 is 14.3 Å². The van der Waals surface area contributed by atoms with Crippen molar-refractivity contribution in [2.24, 2.45) is 5.92 Å². The molecule has 0 bridgehead atoms. The van der Waals surface area contributed by atoms with Gasteiger partial charge in [0.25, 0.3) is 0 Å². The lowest BCUT2D eigenvalue weighted by Gasteiger charge is -2.37. The van der Waals surface area contributed by atoms with Crippen LogP contribution in [0.15, 0.2) is 18.2 Å². The van der Waals surface area contributed by atoms with Crippen molar-refractivity contribution in [2.75, 3.05) is 52.3 Å². The number of carbonyl (C=O) groups is 1. The van der Waals surface area contributed by atoms with Crippen LogP contribution in [0.1, 0.15) is 45.4 Å². The molecule has 1 unspecified atom stereocenters. The number of hydrogen-bond donors (Lipinski definition) is 1. The topological polar surface area (TPSA) is 54.0 Å². The Balaban J connectivity index is 1.49. The highest BCUT2D eigenvalue weighted by Gasteiger charge is 2.28. The van der Waals surface area contributed by atoms with Gasteiger partial charge in [-0.1, -0.05) is 12.8 Å². The SMILES string of the molecule is COc1ccc(OC)c(NC(=O)C(C)N2CCC(CN3CCCCCC3)CC2)c1. The van der Waals surface area contributed by atoms with E-state index in [9.17, 15) is 4.79 Å². The smallest absolute Gasteiger partial charge is 0.241 e. The first-order valence-electron chi connectivity index (χ1n) is 11.1. The summed E-state index contributed by atoms with van der Waals surface area (Å²) in [4.78, 5) is 17.8. The number of benzene rings is 1.